The summed E-state index contributed by atoms with van der Waals surface area (Å²) in [7, 11) is 0. The van der Waals surface area contributed by atoms with E-state index in [-0.39, 0.29) is 5.92 Å². The van der Waals surface area contributed by atoms with Crippen LogP contribution in [0.25, 0.3) is 0 Å². The van der Waals surface area contributed by atoms with Crippen molar-refractivity contribution >= 4 is 5.78 Å². The number of rotatable bonds is 9. The number of hydrogen-bond acceptors (Lipinski definition) is 6. The fourth-order valence-corrected chi connectivity index (χ4v) is 8.81. The van der Waals surface area contributed by atoms with Crippen molar-refractivity contribution in [1.29, 1.82) is 0 Å². The van der Waals surface area contributed by atoms with E-state index in [4.69, 9.17) is 9.47 Å². The van der Waals surface area contributed by atoms with Crippen LogP contribution in [0.2, 0.25) is 0 Å². The van der Waals surface area contributed by atoms with Crippen molar-refractivity contribution in [2.24, 2.45) is 29.6 Å². The Morgan fingerprint density at radius 2 is 1.57 bits per heavy atom. The Morgan fingerprint density at radius 1 is 0.850 bits per heavy atom. The number of carbonyl (C=O) groups is 1. The molecule has 1 aromatic carbocycles. The highest BCUT2D eigenvalue weighted by Gasteiger charge is 2.49. The van der Waals surface area contributed by atoms with E-state index in [2.05, 4.69) is 53.6 Å². The van der Waals surface area contributed by atoms with Gasteiger partial charge in [-0.15, -0.1) is 0 Å². The van der Waals surface area contributed by atoms with Crippen molar-refractivity contribution in [2.45, 2.75) is 116 Å². The van der Waals surface area contributed by atoms with E-state index in [1.165, 1.54) is 69.2 Å². The molecule has 6 heteroatoms. The van der Waals surface area contributed by atoms with Crippen LogP contribution < -0.4 is 10.6 Å². The largest absolute Gasteiger partial charge is 0.377 e. The third-order valence-corrected chi connectivity index (χ3v) is 11.3. The minimum Gasteiger partial charge on any atom is -0.377 e. The lowest BCUT2D eigenvalue weighted by molar-refractivity contribution is -0.129. The zero-order valence-electron chi connectivity index (χ0n) is 25.2. The quantitative estimate of drug-likeness (QED) is 0.447. The van der Waals surface area contributed by atoms with Crippen molar-refractivity contribution in [3.8, 4) is 0 Å². The number of Topliss-reactive ketones (excluding diaryl/α,β-unsaturated/α-hetero) is 1. The average molecular weight is 552 g/mol. The van der Waals surface area contributed by atoms with Crippen molar-refractivity contribution in [2.75, 3.05) is 26.2 Å². The molecule has 5 aliphatic rings. The molecule has 3 aliphatic carbocycles. The van der Waals surface area contributed by atoms with Crippen LogP contribution in [-0.2, 0) is 20.9 Å². The summed E-state index contributed by atoms with van der Waals surface area (Å²) in [6, 6.07) is 10.1. The summed E-state index contributed by atoms with van der Waals surface area (Å²) in [5.74, 6) is 3.73. The minimum atomic E-state index is 0.256. The molecule has 2 heterocycles. The average Bonchev–Trinajstić information content (AvgIpc) is 2.93. The molecular formula is C34H53N3O3. The minimum absolute atomic E-state index is 0.256. The fourth-order valence-electron chi connectivity index (χ4n) is 8.81. The maximum atomic E-state index is 11.4. The number of aryl methyl sites for hydroxylation is 1. The van der Waals surface area contributed by atoms with Gasteiger partial charge in [0.2, 0.25) is 0 Å². The molecule has 2 N–H and O–H groups in total. The van der Waals surface area contributed by atoms with Gasteiger partial charge in [-0.2, -0.15) is 0 Å². The molecule has 0 bridgehead atoms. The van der Waals surface area contributed by atoms with Crippen molar-refractivity contribution in [3.63, 3.8) is 0 Å². The first-order chi connectivity index (χ1) is 19.4. The molecule has 0 radical (unpaired) electrons. The molecule has 7 unspecified atom stereocenters. The van der Waals surface area contributed by atoms with Crippen molar-refractivity contribution < 1.29 is 14.3 Å². The molecule has 222 valence electrons. The standard InChI is InChI=1S/C34H53N3O3/c1-22-4-6-25(7-5-22)21-40-29-9-11-31-27(18-29)8-10-32-33(35-24(3)36-34(31)32)26-12-14-37(15-13-26)16-17-39-30-19-28(20-30)23(2)38/h4-7,24,26-36H,8-21H2,1-3H3. The smallest absolute Gasteiger partial charge is 0.133 e. The molecule has 0 spiro atoms. The van der Waals surface area contributed by atoms with E-state index >= 15 is 0 Å². The maximum absolute atomic E-state index is 11.4. The zero-order chi connectivity index (χ0) is 27.6. The Balaban J connectivity index is 0.955. The highest BCUT2D eigenvalue weighted by atomic mass is 16.5. The summed E-state index contributed by atoms with van der Waals surface area (Å²) in [6.45, 7) is 11.2. The van der Waals surface area contributed by atoms with Gasteiger partial charge >= 0.3 is 0 Å². The lowest BCUT2D eigenvalue weighted by Crippen LogP contribution is -2.68. The molecule has 2 aliphatic heterocycles. The zero-order valence-corrected chi connectivity index (χ0v) is 25.2. The molecule has 3 saturated carbocycles. The number of nitrogens with one attached hydrogen (secondary N) is 2. The molecule has 5 fully saturated rings. The summed E-state index contributed by atoms with van der Waals surface area (Å²) in [6.07, 6.45) is 12.1. The number of carbonyl (C=O) groups excluding carboxylic acids is 1. The molecule has 6 rings (SSSR count). The van der Waals surface area contributed by atoms with E-state index in [1.807, 2.05) is 0 Å². The number of likely N-dealkylation sites (tertiary alicyclic amines) is 1. The topological polar surface area (TPSA) is 62.8 Å². The Morgan fingerprint density at radius 3 is 2.33 bits per heavy atom. The van der Waals surface area contributed by atoms with Gasteiger partial charge in [0.15, 0.2) is 0 Å². The number of nitrogens with zero attached hydrogens (tertiary/aromatic N) is 1. The number of fused-ring (bicyclic) bond motifs is 3. The summed E-state index contributed by atoms with van der Waals surface area (Å²) in [4.78, 5) is 14.0. The van der Waals surface area contributed by atoms with E-state index in [1.54, 1.807) is 6.92 Å². The monoisotopic (exact) mass is 551 g/mol. The van der Waals surface area contributed by atoms with Crippen LogP contribution in [-0.4, -0.2) is 67.4 Å². The van der Waals surface area contributed by atoms with E-state index < -0.39 is 0 Å². The van der Waals surface area contributed by atoms with Gasteiger partial charge in [-0.1, -0.05) is 29.8 Å². The second-order valence-electron chi connectivity index (χ2n) is 14.0. The van der Waals surface area contributed by atoms with Crippen LogP contribution in [0, 0.1) is 36.5 Å². The normalized spacial score (nSPS) is 38.7. The van der Waals surface area contributed by atoms with Crippen LogP contribution in [0.15, 0.2) is 24.3 Å². The summed E-state index contributed by atoms with van der Waals surface area (Å²) >= 11 is 0. The molecule has 1 aromatic rings. The van der Waals surface area contributed by atoms with Crippen LogP contribution >= 0.6 is 0 Å². The fraction of sp³-hybridized carbons (Fsp3) is 0.794. The van der Waals surface area contributed by atoms with E-state index in [0.717, 1.165) is 56.3 Å². The third kappa shape index (κ3) is 6.67. The summed E-state index contributed by atoms with van der Waals surface area (Å²) in [5, 5.41) is 8.06. The van der Waals surface area contributed by atoms with E-state index in [9.17, 15) is 4.79 Å². The van der Waals surface area contributed by atoms with Gasteiger partial charge < -0.3 is 14.4 Å². The molecular weight excluding hydrogens is 498 g/mol. The van der Waals surface area contributed by atoms with Crippen LogP contribution in [0.3, 0.4) is 0 Å². The summed E-state index contributed by atoms with van der Waals surface area (Å²) in [5.41, 5.74) is 2.61. The van der Waals surface area contributed by atoms with Gasteiger partial charge in [0.1, 0.15) is 5.78 Å². The predicted molar refractivity (Wildman–Crippen MR) is 159 cm³/mol. The van der Waals surface area contributed by atoms with Gasteiger partial charge in [-0.25, -0.2) is 0 Å². The van der Waals surface area contributed by atoms with Crippen molar-refractivity contribution in [3.05, 3.63) is 35.4 Å². The van der Waals surface area contributed by atoms with Crippen LogP contribution in [0.1, 0.15) is 82.8 Å². The van der Waals surface area contributed by atoms with Crippen LogP contribution in [0.5, 0.6) is 0 Å². The van der Waals surface area contributed by atoms with Gasteiger partial charge in [-0.3, -0.25) is 15.4 Å². The second kappa shape index (κ2) is 12.9. The van der Waals surface area contributed by atoms with Crippen molar-refractivity contribution in [1.82, 2.24) is 15.5 Å². The molecule has 40 heavy (non-hydrogen) atoms. The molecule has 7 atom stereocenters. The first kappa shape index (κ1) is 28.8. The predicted octanol–water partition coefficient (Wildman–Crippen LogP) is 5.08. The Kier molecular flexibility index (Phi) is 9.29. The van der Waals surface area contributed by atoms with Gasteiger partial charge in [0.05, 0.1) is 31.6 Å². The van der Waals surface area contributed by atoms with Gasteiger partial charge in [-0.05, 0) is 121 Å². The van der Waals surface area contributed by atoms with Crippen LogP contribution in [0.4, 0.5) is 0 Å². The van der Waals surface area contributed by atoms with E-state index in [0.29, 0.717) is 36.2 Å². The van der Waals surface area contributed by atoms with Gasteiger partial charge in [0.25, 0.3) is 0 Å². The molecule has 0 aromatic heterocycles. The lowest BCUT2D eigenvalue weighted by Gasteiger charge is -2.55. The second-order valence-corrected chi connectivity index (χ2v) is 14.0. The molecule has 6 nitrogen and oxygen atoms in total. The first-order valence-electron chi connectivity index (χ1n) is 16.5. The SMILES string of the molecule is CC(=O)C1CC(OCCN2CCC(C3NC(C)NC4C5CCC(OCc6ccc(C)cc6)CC5CCC34)CC2)C1. The Labute approximate surface area is 242 Å². The number of ether oxygens (including phenoxy) is 2. The number of piperidine rings is 1. The summed E-state index contributed by atoms with van der Waals surface area (Å²) < 4.78 is 12.5. The lowest BCUT2D eigenvalue weighted by atomic mass is 9.60. The Bertz CT molecular complexity index is 971. The Hall–Kier alpha value is -1.31. The number of benzene rings is 1. The first-order valence-corrected chi connectivity index (χ1v) is 16.5. The highest BCUT2D eigenvalue weighted by molar-refractivity contribution is 5.79. The van der Waals surface area contributed by atoms with Gasteiger partial charge in [0, 0.05) is 24.5 Å². The third-order valence-electron chi connectivity index (χ3n) is 11.3. The number of ketones is 1. The highest BCUT2D eigenvalue weighted by Crippen LogP contribution is 2.47. The number of hydrogen-bond donors (Lipinski definition) is 2. The molecule has 0 amide bonds. The maximum Gasteiger partial charge on any atom is 0.133 e. The molecule has 2 saturated heterocycles.